The monoisotopic (exact) mass is 648 g/mol. The average Bonchev–Trinajstić information content (AvgIpc) is 3.42. The fraction of sp³-hybridized carbons (Fsp3) is 0.343. The zero-order valence-electron chi connectivity index (χ0n) is 26.8. The SMILES string of the molecule is Cc1ccc(-n2nc(C(C)(C)C)cc2NC(=O)Nc2cccc(CC3CCN(C(=O)Nc4ccc(OC(F)(F)F)cc4)CC3)c2)cc1. The van der Waals surface area contributed by atoms with Gasteiger partial charge in [-0.3, -0.25) is 5.32 Å². The first-order chi connectivity index (χ1) is 22.2. The summed E-state index contributed by atoms with van der Waals surface area (Å²) in [5, 5.41) is 13.4. The predicted molar refractivity (Wildman–Crippen MR) is 176 cm³/mol. The molecule has 0 saturated carbocycles. The summed E-state index contributed by atoms with van der Waals surface area (Å²) in [7, 11) is 0. The van der Waals surface area contributed by atoms with E-state index < -0.39 is 6.36 Å². The molecule has 1 aromatic heterocycles. The van der Waals surface area contributed by atoms with Gasteiger partial charge in [-0.05, 0) is 86.2 Å². The van der Waals surface area contributed by atoms with Crippen molar-refractivity contribution < 1.29 is 27.5 Å². The molecule has 2 heterocycles. The number of carbonyl (C=O) groups is 2. The topological polar surface area (TPSA) is 101 Å². The fourth-order valence-corrected chi connectivity index (χ4v) is 5.39. The summed E-state index contributed by atoms with van der Waals surface area (Å²) in [6.07, 6.45) is -2.39. The second-order valence-corrected chi connectivity index (χ2v) is 12.8. The van der Waals surface area contributed by atoms with Crippen LogP contribution in [0, 0.1) is 12.8 Å². The molecule has 1 aliphatic heterocycles. The number of ether oxygens (including phenoxy) is 1. The number of alkyl halides is 3. The van der Waals surface area contributed by atoms with E-state index in [2.05, 4.69) is 41.5 Å². The molecule has 47 heavy (non-hydrogen) atoms. The number of halogens is 3. The highest BCUT2D eigenvalue weighted by molar-refractivity contribution is 5.99. The van der Waals surface area contributed by atoms with Crippen LogP contribution in [-0.4, -0.2) is 46.2 Å². The van der Waals surface area contributed by atoms with Gasteiger partial charge >= 0.3 is 18.4 Å². The minimum absolute atomic E-state index is 0.207. The number of aryl methyl sites for hydroxylation is 1. The Morgan fingerprint density at radius 2 is 1.55 bits per heavy atom. The number of hydrogen-bond donors (Lipinski definition) is 3. The third kappa shape index (κ3) is 9.27. The average molecular weight is 649 g/mol. The summed E-state index contributed by atoms with van der Waals surface area (Å²) in [6.45, 7) is 9.35. The Hall–Kier alpha value is -5.00. The van der Waals surface area contributed by atoms with Crippen molar-refractivity contribution in [2.24, 2.45) is 5.92 Å². The van der Waals surface area contributed by atoms with Crippen molar-refractivity contribution in [1.29, 1.82) is 0 Å². The smallest absolute Gasteiger partial charge is 0.406 e. The molecule has 4 aromatic rings. The van der Waals surface area contributed by atoms with Crippen LogP contribution in [0.4, 0.5) is 40.0 Å². The molecule has 0 unspecified atom stereocenters. The molecular weight excluding hydrogens is 609 g/mol. The zero-order valence-corrected chi connectivity index (χ0v) is 26.8. The summed E-state index contributed by atoms with van der Waals surface area (Å²) >= 11 is 0. The number of likely N-dealkylation sites (tertiary alicyclic amines) is 1. The number of nitrogens with zero attached hydrogens (tertiary/aromatic N) is 3. The molecule has 12 heteroatoms. The molecular formula is C35H39F3N6O3. The predicted octanol–water partition coefficient (Wildman–Crippen LogP) is 8.51. The third-order valence-electron chi connectivity index (χ3n) is 7.95. The summed E-state index contributed by atoms with van der Waals surface area (Å²) in [6, 6.07) is 22.0. The lowest BCUT2D eigenvalue weighted by molar-refractivity contribution is -0.274. The van der Waals surface area contributed by atoms with Gasteiger partial charge in [0.2, 0.25) is 0 Å². The zero-order chi connectivity index (χ0) is 33.8. The normalized spacial score (nSPS) is 14.1. The number of piperidine rings is 1. The van der Waals surface area contributed by atoms with Gasteiger partial charge in [0.15, 0.2) is 0 Å². The van der Waals surface area contributed by atoms with E-state index in [1.54, 1.807) is 9.58 Å². The molecule has 248 valence electrons. The molecule has 1 saturated heterocycles. The van der Waals surface area contributed by atoms with E-state index in [1.165, 1.54) is 12.1 Å². The highest BCUT2D eigenvalue weighted by Gasteiger charge is 2.31. The number of rotatable bonds is 7. The highest BCUT2D eigenvalue weighted by Crippen LogP contribution is 2.28. The number of anilines is 3. The van der Waals surface area contributed by atoms with Crippen molar-refractivity contribution in [2.45, 2.75) is 58.7 Å². The molecule has 1 aliphatic rings. The van der Waals surface area contributed by atoms with E-state index in [4.69, 9.17) is 5.10 Å². The number of carbonyl (C=O) groups excluding carboxylic acids is 2. The van der Waals surface area contributed by atoms with Gasteiger partial charge in [0.25, 0.3) is 0 Å². The maximum Gasteiger partial charge on any atom is 0.573 e. The molecule has 1 fully saturated rings. The third-order valence-corrected chi connectivity index (χ3v) is 7.95. The molecule has 0 spiro atoms. The molecule has 0 bridgehead atoms. The first kappa shape index (κ1) is 33.4. The van der Waals surface area contributed by atoms with Crippen LogP contribution >= 0.6 is 0 Å². The van der Waals surface area contributed by atoms with Crippen LogP contribution in [0.2, 0.25) is 0 Å². The minimum atomic E-state index is -4.77. The molecule has 0 aliphatic carbocycles. The maximum absolute atomic E-state index is 13.1. The molecule has 0 radical (unpaired) electrons. The molecule has 5 rings (SSSR count). The van der Waals surface area contributed by atoms with Crippen LogP contribution in [0.25, 0.3) is 5.69 Å². The second-order valence-electron chi connectivity index (χ2n) is 12.8. The largest absolute Gasteiger partial charge is 0.573 e. The first-order valence-corrected chi connectivity index (χ1v) is 15.5. The van der Waals surface area contributed by atoms with Crippen LogP contribution < -0.4 is 20.7 Å². The summed E-state index contributed by atoms with van der Waals surface area (Å²) in [4.78, 5) is 27.6. The molecule has 4 amide bonds. The van der Waals surface area contributed by atoms with Gasteiger partial charge < -0.3 is 20.3 Å². The summed E-state index contributed by atoms with van der Waals surface area (Å²) in [5.41, 5.74) is 4.75. The van der Waals surface area contributed by atoms with Gasteiger partial charge in [-0.2, -0.15) is 5.10 Å². The van der Waals surface area contributed by atoms with E-state index in [0.717, 1.165) is 53.9 Å². The number of benzene rings is 3. The standard InChI is InChI=1S/C35H39F3N6O3/c1-23-8-12-28(13-9-23)44-31(22-30(42-44)34(2,3)4)41-32(45)39-27-7-5-6-25(21-27)20-24-16-18-43(19-17-24)33(46)40-26-10-14-29(15-11-26)47-35(36,37)38/h5-15,21-22,24H,16-20H2,1-4H3,(H,40,46)(H2,39,41,45). The van der Waals surface area contributed by atoms with Crippen LogP contribution in [0.1, 0.15) is 50.4 Å². The summed E-state index contributed by atoms with van der Waals surface area (Å²) in [5.74, 6) is 0.564. The minimum Gasteiger partial charge on any atom is -0.406 e. The van der Waals surface area contributed by atoms with Crippen molar-refractivity contribution in [1.82, 2.24) is 14.7 Å². The Labute approximate surface area is 272 Å². The Kier molecular flexibility index (Phi) is 9.78. The molecule has 0 atom stereocenters. The van der Waals surface area contributed by atoms with Gasteiger partial charge in [-0.25, -0.2) is 14.3 Å². The van der Waals surface area contributed by atoms with Crippen LogP contribution in [-0.2, 0) is 11.8 Å². The number of urea groups is 2. The lowest BCUT2D eigenvalue weighted by atomic mass is 9.90. The van der Waals surface area contributed by atoms with Crippen LogP contribution in [0.5, 0.6) is 5.75 Å². The number of aromatic nitrogens is 2. The summed E-state index contributed by atoms with van der Waals surface area (Å²) < 4.78 is 42.8. The van der Waals surface area contributed by atoms with Gasteiger partial charge in [0, 0.05) is 35.9 Å². The van der Waals surface area contributed by atoms with Crippen molar-refractivity contribution in [3.8, 4) is 11.4 Å². The van der Waals surface area contributed by atoms with E-state index >= 15 is 0 Å². The Balaban J connectivity index is 1.14. The van der Waals surface area contributed by atoms with Crippen molar-refractivity contribution in [3.63, 3.8) is 0 Å². The van der Waals surface area contributed by atoms with E-state index in [1.807, 2.05) is 61.5 Å². The Bertz CT molecular complexity index is 1690. The molecule has 3 aromatic carbocycles. The van der Waals surface area contributed by atoms with Gasteiger partial charge in [-0.15, -0.1) is 13.2 Å². The van der Waals surface area contributed by atoms with Gasteiger partial charge in [0.1, 0.15) is 11.6 Å². The number of nitrogens with one attached hydrogen (secondary N) is 3. The van der Waals surface area contributed by atoms with E-state index in [-0.39, 0.29) is 23.2 Å². The highest BCUT2D eigenvalue weighted by atomic mass is 19.4. The lowest BCUT2D eigenvalue weighted by Gasteiger charge is -2.32. The van der Waals surface area contributed by atoms with Gasteiger partial charge in [0.05, 0.1) is 11.4 Å². The molecule has 3 N–H and O–H groups in total. The second kappa shape index (κ2) is 13.8. The Morgan fingerprint density at radius 1 is 0.872 bits per heavy atom. The number of hydrogen-bond acceptors (Lipinski definition) is 4. The maximum atomic E-state index is 13.1. The van der Waals surface area contributed by atoms with Crippen LogP contribution in [0.3, 0.4) is 0 Å². The lowest BCUT2D eigenvalue weighted by Crippen LogP contribution is -2.41. The number of amides is 4. The van der Waals surface area contributed by atoms with Gasteiger partial charge in [-0.1, -0.05) is 50.6 Å². The quantitative estimate of drug-likeness (QED) is 0.187. The molecule has 9 nitrogen and oxygen atoms in total. The first-order valence-electron chi connectivity index (χ1n) is 15.5. The fourth-order valence-electron chi connectivity index (χ4n) is 5.39. The van der Waals surface area contributed by atoms with Crippen molar-refractivity contribution >= 4 is 29.3 Å². The van der Waals surface area contributed by atoms with E-state index in [9.17, 15) is 22.8 Å². The van der Waals surface area contributed by atoms with Crippen LogP contribution in [0.15, 0.2) is 78.9 Å². The van der Waals surface area contributed by atoms with Crippen molar-refractivity contribution in [2.75, 3.05) is 29.0 Å². The Morgan fingerprint density at radius 3 is 2.19 bits per heavy atom. The van der Waals surface area contributed by atoms with Crippen molar-refractivity contribution in [3.05, 3.63) is 95.7 Å². The van der Waals surface area contributed by atoms with E-state index in [0.29, 0.717) is 36.2 Å².